The van der Waals surface area contributed by atoms with Crippen molar-refractivity contribution in [2.24, 2.45) is 7.05 Å². The van der Waals surface area contributed by atoms with Crippen molar-refractivity contribution in [3.63, 3.8) is 0 Å². The Hall–Kier alpha value is -2.54. The van der Waals surface area contributed by atoms with Gasteiger partial charge in [0, 0.05) is 7.05 Å². The number of aliphatic hydroxyl groups excluding tert-OH is 1. The number of imidazole rings is 1. The van der Waals surface area contributed by atoms with E-state index in [1.54, 1.807) is 31.3 Å². The van der Waals surface area contributed by atoms with Gasteiger partial charge in [-0.25, -0.2) is 4.79 Å². The molecule has 4 nitrogen and oxygen atoms in total. The first kappa shape index (κ1) is 16.3. The summed E-state index contributed by atoms with van der Waals surface area (Å²) in [6.45, 7) is -0.257. The third-order valence-electron chi connectivity index (χ3n) is 4.03. The minimum absolute atomic E-state index is 0.246. The van der Waals surface area contributed by atoms with Crippen LogP contribution in [0.15, 0.2) is 53.3 Å². The third-order valence-corrected chi connectivity index (χ3v) is 4.03. The number of nitrogens with zero attached hydrogens (tertiary/aromatic N) is 2. The van der Waals surface area contributed by atoms with Crippen molar-refractivity contribution in [2.45, 2.75) is 18.8 Å². The summed E-state index contributed by atoms with van der Waals surface area (Å²) < 4.78 is 42.0. The SMILES string of the molecule is Cn1c(=O)n(C[C@H](O)c2ccccc2C(F)(F)F)c2ccccc21. The first-order valence-corrected chi connectivity index (χ1v) is 7.29. The predicted molar refractivity (Wildman–Crippen MR) is 83.6 cm³/mol. The molecule has 0 aliphatic heterocycles. The summed E-state index contributed by atoms with van der Waals surface area (Å²) in [6.07, 6.45) is -6.02. The Morgan fingerprint density at radius 3 is 2.29 bits per heavy atom. The number of rotatable bonds is 3. The second kappa shape index (κ2) is 5.83. The van der Waals surface area contributed by atoms with E-state index in [1.807, 2.05) is 0 Å². The Morgan fingerprint density at radius 1 is 1.04 bits per heavy atom. The summed E-state index contributed by atoms with van der Waals surface area (Å²) in [5, 5.41) is 10.3. The molecule has 0 aliphatic rings. The number of aromatic nitrogens is 2. The molecule has 0 spiro atoms. The van der Waals surface area contributed by atoms with Gasteiger partial charge in [-0.2, -0.15) is 13.2 Å². The van der Waals surface area contributed by atoms with Gasteiger partial charge in [0.25, 0.3) is 0 Å². The van der Waals surface area contributed by atoms with Crippen molar-refractivity contribution < 1.29 is 18.3 Å². The highest BCUT2D eigenvalue weighted by Crippen LogP contribution is 2.35. The zero-order valence-electron chi connectivity index (χ0n) is 12.8. The topological polar surface area (TPSA) is 47.2 Å². The molecule has 24 heavy (non-hydrogen) atoms. The normalized spacial score (nSPS) is 13.4. The number of hydrogen-bond donors (Lipinski definition) is 1. The molecule has 0 aliphatic carbocycles. The summed E-state index contributed by atoms with van der Waals surface area (Å²) >= 11 is 0. The fourth-order valence-corrected chi connectivity index (χ4v) is 2.86. The molecule has 3 aromatic rings. The molecule has 2 aromatic carbocycles. The van der Waals surface area contributed by atoms with Crippen molar-refractivity contribution >= 4 is 11.0 Å². The minimum atomic E-state index is -4.57. The maximum Gasteiger partial charge on any atom is 0.416 e. The number of benzene rings is 2. The number of aliphatic hydroxyl groups is 1. The van der Waals surface area contributed by atoms with Crippen LogP contribution in [0.2, 0.25) is 0 Å². The lowest BCUT2D eigenvalue weighted by Crippen LogP contribution is -2.25. The Labute approximate surface area is 135 Å². The second-order valence-electron chi connectivity index (χ2n) is 5.54. The van der Waals surface area contributed by atoms with Gasteiger partial charge < -0.3 is 5.11 Å². The largest absolute Gasteiger partial charge is 0.416 e. The lowest BCUT2D eigenvalue weighted by Gasteiger charge is -2.17. The highest BCUT2D eigenvalue weighted by Gasteiger charge is 2.34. The monoisotopic (exact) mass is 336 g/mol. The van der Waals surface area contributed by atoms with Crippen molar-refractivity contribution in [1.29, 1.82) is 0 Å². The maximum absolute atomic E-state index is 13.1. The number of hydrogen-bond acceptors (Lipinski definition) is 2. The van der Waals surface area contributed by atoms with Crippen LogP contribution in [0, 0.1) is 0 Å². The van der Waals surface area contributed by atoms with Crippen molar-refractivity contribution in [1.82, 2.24) is 9.13 Å². The van der Waals surface area contributed by atoms with Gasteiger partial charge in [-0.3, -0.25) is 9.13 Å². The molecular formula is C17H15F3N2O2. The van der Waals surface area contributed by atoms with E-state index in [0.29, 0.717) is 11.0 Å². The van der Waals surface area contributed by atoms with Crippen LogP contribution in [0.1, 0.15) is 17.2 Å². The summed E-state index contributed by atoms with van der Waals surface area (Å²) in [7, 11) is 1.58. The molecule has 126 valence electrons. The van der Waals surface area contributed by atoms with Crippen molar-refractivity contribution in [3.05, 3.63) is 70.1 Å². The van der Waals surface area contributed by atoms with E-state index in [4.69, 9.17) is 0 Å². The Kier molecular flexibility index (Phi) is 3.96. The lowest BCUT2D eigenvalue weighted by molar-refractivity contribution is -0.139. The van der Waals surface area contributed by atoms with E-state index in [2.05, 4.69) is 0 Å². The van der Waals surface area contributed by atoms with E-state index >= 15 is 0 Å². The Balaban J connectivity index is 2.05. The number of halogens is 3. The van der Waals surface area contributed by atoms with E-state index < -0.39 is 17.8 Å². The molecular weight excluding hydrogens is 321 g/mol. The molecule has 0 saturated carbocycles. The van der Waals surface area contributed by atoms with Crippen molar-refractivity contribution in [3.8, 4) is 0 Å². The van der Waals surface area contributed by atoms with E-state index in [0.717, 1.165) is 6.07 Å². The molecule has 0 radical (unpaired) electrons. The van der Waals surface area contributed by atoms with Crippen LogP contribution in [0.25, 0.3) is 11.0 Å². The average molecular weight is 336 g/mol. The van der Waals surface area contributed by atoms with E-state index in [-0.39, 0.29) is 17.8 Å². The fourth-order valence-electron chi connectivity index (χ4n) is 2.86. The Morgan fingerprint density at radius 2 is 1.62 bits per heavy atom. The summed E-state index contributed by atoms with van der Waals surface area (Å²) in [5.74, 6) is 0. The van der Waals surface area contributed by atoms with Crippen LogP contribution in [-0.4, -0.2) is 14.2 Å². The zero-order valence-corrected chi connectivity index (χ0v) is 12.8. The molecule has 1 aromatic heterocycles. The number of aryl methyl sites for hydroxylation is 1. The Bertz CT molecular complexity index is 941. The molecule has 1 N–H and O–H groups in total. The third kappa shape index (κ3) is 2.71. The van der Waals surface area contributed by atoms with Crippen LogP contribution in [0.5, 0.6) is 0 Å². The predicted octanol–water partition coefficient (Wildman–Crippen LogP) is 3.09. The van der Waals surface area contributed by atoms with Gasteiger partial charge in [0.1, 0.15) is 0 Å². The molecule has 0 amide bonds. The summed E-state index contributed by atoms with van der Waals surface area (Å²) in [6, 6.07) is 11.8. The molecule has 0 bridgehead atoms. The molecule has 1 atom stereocenters. The standard InChI is InChI=1S/C17H15F3N2O2/c1-21-13-8-4-5-9-14(13)22(16(21)24)10-15(23)11-6-2-3-7-12(11)17(18,19)20/h2-9,15,23H,10H2,1H3/t15-/m0/s1. The molecule has 0 saturated heterocycles. The van der Waals surface area contributed by atoms with Gasteiger partial charge in [0.2, 0.25) is 0 Å². The van der Waals surface area contributed by atoms with Crippen LogP contribution in [0.3, 0.4) is 0 Å². The van der Waals surface area contributed by atoms with Crippen LogP contribution >= 0.6 is 0 Å². The van der Waals surface area contributed by atoms with E-state index in [9.17, 15) is 23.1 Å². The number of para-hydroxylation sites is 2. The van der Waals surface area contributed by atoms with Gasteiger partial charge in [0.15, 0.2) is 0 Å². The first-order chi connectivity index (χ1) is 11.3. The highest BCUT2D eigenvalue weighted by molar-refractivity contribution is 5.75. The van der Waals surface area contributed by atoms with Crippen LogP contribution in [0.4, 0.5) is 13.2 Å². The molecule has 3 rings (SSSR count). The smallest absolute Gasteiger partial charge is 0.387 e. The van der Waals surface area contributed by atoms with Gasteiger partial charge in [0.05, 0.1) is 29.2 Å². The van der Waals surface area contributed by atoms with Crippen molar-refractivity contribution in [2.75, 3.05) is 0 Å². The molecule has 1 heterocycles. The first-order valence-electron chi connectivity index (χ1n) is 7.29. The quantitative estimate of drug-likeness (QED) is 0.799. The maximum atomic E-state index is 13.1. The number of fused-ring (bicyclic) bond motifs is 1. The molecule has 7 heteroatoms. The van der Waals surface area contributed by atoms with Gasteiger partial charge in [-0.15, -0.1) is 0 Å². The summed E-state index contributed by atoms with van der Waals surface area (Å²) in [5.41, 5.74) is -0.317. The highest BCUT2D eigenvalue weighted by atomic mass is 19.4. The fraction of sp³-hybridized carbons (Fsp3) is 0.235. The second-order valence-corrected chi connectivity index (χ2v) is 5.54. The van der Waals surface area contributed by atoms with E-state index in [1.165, 1.54) is 27.3 Å². The van der Waals surface area contributed by atoms with Gasteiger partial charge in [-0.1, -0.05) is 30.3 Å². The van der Waals surface area contributed by atoms with Gasteiger partial charge in [-0.05, 0) is 23.8 Å². The average Bonchev–Trinajstić information content (AvgIpc) is 2.79. The van der Waals surface area contributed by atoms with Crippen LogP contribution in [-0.2, 0) is 19.8 Å². The zero-order chi connectivity index (χ0) is 17.5. The minimum Gasteiger partial charge on any atom is -0.387 e. The summed E-state index contributed by atoms with van der Waals surface area (Å²) in [4.78, 5) is 12.3. The lowest BCUT2D eigenvalue weighted by atomic mass is 10.0. The molecule has 0 fully saturated rings. The van der Waals surface area contributed by atoms with Crippen LogP contribution < -0.4 is 5.69 Å². The van der Waals surface area contributed by atoms with Gasteiger partial charge >= 0.3 is 11.9 Å². The number of alkyl halides is 3. The molecule has 0 unspecified atom stereocenters.